The zero-order chi connectivity index (χ0) is 22.0. The summed E-state index contributed by atoms with van der Waals surface area (Å²) in [6, 6.07) is 0.890. The van der Waals surface area contributed by atoms with Crippen molar-refractivity contribution in [1.82, 2.24) is 24.7 Å². The van der Waals surface area contributed by atoms with Crippen LogP contribution in [0.2, 0.25) is 0 Å². The van der Waals surface area contributed by atoms with E-state index in [1.54, 1.807) is 0 Å². The molecule has 3 fully saturated rings. The number of rotatable bonds is 3. The van der Waals surface area contributed by atoms with Gasteiger partial charge in [-0.05, 0) is 54.2 Å². The third-order valence-corrected chi connectivity index (χ3v) is 7.64. The maximum atomic E-state index is 13.6. The van der Waals surface area contributed by atoms with E-state index >= 15 is 0 Å². The Bertz CT molecular complexity index is 1050. The smallest absolute Gasteiger partial charge is 0.380 e. The van der Waals surface area contributed by atoms with E-state index in [0.717, 1.165) is 42.8 Å². The summed E-state index contributed by atoms with van der Waals surface area (Å²) in [7, 11) is 2.06. The van der Waals surface area contributed by atoms with Gasteiger partial charge < -0.3 is 4.74 Å². The van der Waals surface area contributed by atoms with Crippen molar-refractivity contribution in [3.63, 3.8) is 0 Å². The number of pyridine rings is 1. The molecule has 3 aliphatic rings. The van der Waals surface area contributed by atoms with E-state index in [1.165, 1.54) is 17.0 Å². The van der Waals surface area contributed by atoms with Gasteiger partial charge in [0.25, 0.3) is 0 Å². The summed E-state index contributed by atoms with van der Waals surface area (Å²) in [6.07, 6.45) is 1.85. The number of aromatic nitrogens is 2. The number of fused-ring (bicyclic) bond motifs is 1. The Morgan fingerprint density at radius 1 is 1.26 bits per heavy atom. The second-order valence-electron chi connectivity index (χ2n) is 9.03. The molecule has 31 heavy (non-hydrogen) atoms. The van der Waals surface area contributed by atoms with Crippen LogP contribution in [0.15, 0.2) is 27.7 Å². The number of nitrogens with zero attached hydrogens (tertiary/aromatic N) is 3. The second-order valence-corrected chi connectivity index (χ2v) is 9.94. The molecule has 2 saturated heterocycles. The fourth-order valence-electron chi connectivity index (χ4n) is 5.61. The summed E-state index contributed by atoms with van der Waals surface area (Å²) < 4.78 is 49.2. The Morgan fingerprint density at radius 3 is 2.65 bits per heavy atom. The predicted molar refractivity (Wildman–Crippen MR) is 111 cm³/mol. The van der Waals surface area contributed by atoms with Crippen LogP contribution in [0.1, 0.15) is 37.3 Å². The molecule has 0 radical (unpaired) electrons. The number of hydrogen-bond donors (Lipinski definition) is 2. The first-order chi connectivity index (χ1) is 14.7. The Labute approximate surface area is 185 Å². The van der Waals surface area contributed by atoms with Gasteiger partial charge in [-0.2, -0.15) is 13.2 Å². The highest BCUT2D eigenvalue weighted by Gasteiger charge is 2.54. The third-order valence-electron chi connectivity index (χ3n) is 7.21. The van der Waals surface area contributed by atoms with Crippen molar-refractivity contribution in [2.75, 3.05) is 26.9 Å². The molecule has 2 aliphatic heterocycles. The van der Waals surface area contributed by atoms with Gasteiger partial charge in [-0.3, -0.25) is 13.9 Å². The van der Waals surface area contributed by atoms with E-state index in [4.69, 9.17) is 4.74 Å². The molecule has 7 nitrogen and oxygen atoms in total. The highest BCUT2D eigenvalue weighted by Crippen LogP contribution is 2.49. The molecule has 0 amide bonds. The minimum absolute atomic E-state index is 0.0696. The van der Waals surface area contributed by atoms with Gasteiger partial charge in [-0.1, -0.05) is 6.42 Å². The van der Waals surface area contributed by atoms with E-state index < -0.39 is 17.4 Å². The Morgan fingerprint density at radius 2 is 2.03 bits per heavy atom. The van der Waals surface area contributed by atoms with Gasteiger partial charge in [0.05, 0.1) is 37.1 Å². The Kier molecular flexibility index (Phi) is 5.25. The van der Waals surface area contributed by atoms with E-state index in [1.807, 2.05) is 0 Å². The topological polar surface area (TPSA) is 62.9 Å². The lowest BCUT2D eigenvalue weighted by Crippen LogP contribution is -2.64. The van der Waals surface area contributed by atoms with Gasteiger partial charge in [0, 0.05) is 28.3 Å². The summed E-state index contributed by atoms with van der Waals surface area (Å²) in [5.74, 6) is 0.309. The van der Waals surface area contributed by atoms with Crippen LogP contribution in [-0.2, 0) is 10.9 Å². The number of imidazole rings is 1. The van der Waals surface area contributed by atoms with E-state index in [9.17, 15) is 18.0 Å². The lowest BCUT2D eigenvalue weighted by atomic mass is 9.64. The lowest BCUT2D eigenvalue weighted by Gasteiger charge is -2.54. The minimum Gasteiger partial charge on any atom is -0.380 e. The lowest BCUT2D eigenvalue weighted by molar-refractivity contribution is -0.190. The van der Waals surface area contributed by atoms with Crippen molar-refractivity contribution in [3.8, 4) is 0 Å². The van der Waals surface area contributed by atoms with Crippen molar-refractivity contribution in [3.05, 3.63) is 39.0 Å². The molecule has 3 unspecified atom stereocenters. The molecule has 1 aliphatic carbocycles. The largest absolute Gasteiger partial charge is 0.418 e. The summed E-state index contributed by atoms with van der Waals surface area (Å²) in [4.78, 5) is 15.3. The van der Waals surface area contributed by atoms with Crippen molar-refractivity contribution in [2.45, 2.75) is 44.1 Å². The molecule has 0 aromatic carbocycles. The van der Waals surface area contributed by atoms with Gasteiger partial charge in [0.2, 0.25) is 0 Å². The van der Waals surface area contributed by atoms with Crippen molar-refractivity contribution >= 4 is 21.4 Å². The summed E-state index contributed by atoms with van der Waals surface area (Å²) in [6.45, 7) is 2.03. The molecule has 170 valence electrons. The average molecular weight is 504 g/mol. The van der Waals surface area contributed by atoms with E-state index in [-0.39, 0.29) is 27.6 Å². The quantitative estimate of drug-likeness (QED) is 0.674. The molecule has 4 heterocycles. The van der Waals surface area contributed by atoms with Crippen LogP contribution in [-0.4, -0.2) is 47.0 Å². The number of alkyl halides is 3. The first-order valence-corrected chi connectivity index (χ1v) is 11.3. The predicted octanol–water partition coefficient (Wildman–Crippen LogP) is 2.95. The number of hydrazine groups is 1. The average Bonchev–Trinajstić information content (AvgIpc) is 3.24. The van der Waals surface area contributed by atoms with Gasteiger partial charge >= 0.3 is 11.9 Å². The minimum atomic E-state index is -4.54. The second kappa shape index (κ2) is 7.58. The zero-order valence-electron chi connectivity index (χ0n) is 17.1. The number of nitrogens with one attached hydrogen (secondary N) is 2. The Hall–Kier alpha value is -1.40. The number of hydrogen-bond acceptors (Lipinski definition) is 5. The molecule has 0 bridgehead atoms. The fourth-order valence-corrected chi connectivity index (χ4v) is 6.04. The first kappa shape index (κ1) is 21.4. The first-order valence-electron chi connectivity index (χ1n) is 10.5. The monoisotopic (exact) mass is 503 g/mol. The zero-order valence-corrected chi connectivity index (χ0v) is 18.7. The van der Waals surface area contributed by atoms with Crippen LogP contribution in [0, 0.1) is 11.3 Å². The highest BCUT2D eigenvalue weighted by molar-refractivity contribution is 9.10. The van der Waals surface area contributed by atoms with Crippen LogP contribution in [0.5, 0.6) is 0 Å². The molecule has 2 aromatic rings. The summed E-state index contributed by atoms with van der Waals surface area (Å²) in [5, 5.41) is 0. The van der Waals surface area contributed by atoms with Gasteiger partial charge in [-0.25, -0.2) is 15.6 Å². The van der Waals surface area contributed by atoms with Crippen molar-refractivity contribution in [1.29, 1.82) is 0 Å². The molecule has 3 atom stereocenters. The molecule has 0 spiro atoms. The van der Waals surface area contributed by atoms with Crippen molar-refractivity contribution < 1.29 is 17.9 Å². The maximum Gasteiger partial charge on any atom is 0.418 e. The molecular weight excluding hydrogens is 479 g/mol. The van der Waals surface area contributed by atoms with Crippen LogP contribution in [0.4, 0.5) is 13.2 Å². The Balaban J connectivity index is 1.50. The van der Waals surface area contributed by atoms with Crippen LogP contribution >= 0.6 is 15.9 Å². The van der Waals surface area contributed by atoms with Gasteiger partial charge in [0.1, 0.15) is 0 Å². The molecule has 2 aromatic heterocycles. The molecular formula is C20H25BrF3N5O2. The van der Waals surface area contributed by atoms with Crippen LogP contribution in [0.25, 0.3) is 5.52 Å². The molecule has 2 N–H and O–H groups in total. The number of halogens is 4. The van der Waals surface area contributed by atoms with Gasteiger partial charge in [0.15, 0.2) is 0 Å². The maximum absolute atomic E-state index is 13.6. The van der Waals surface area contributed by atoms with E-state index in [2.05, 4.69) is 38.7 Å². The fraction of sp³-hybridized carbons (Fsp3) is 0.650. The number of ether oxygens (including phenoxy) is 1. The van der Waals surface area contributed by atoms with Crippen LogP contribution < -0.4 is 16.5 Å². The third kappa shape index (κ3) is 3.45. The van der Waals surface area contributed by atoms with E-state index in [0.29, 0.717) is 19.1 Å². The highest BCUT2D eigenvalue weighted by atomic mass is 79.9. The normalized spacial score (nSPS) is 29.4. The molecule has 11 heteroatoms. The summed E-state index contributed by atoms with van der Waals surface area (Å²) in [5.41, 5.74) is 5.13. The van der Waals surface area contributed by atoms with Gasteiger partial charge in [-0.15, -0.1) is 0 Å². The summed E-state index contributed by atoms with van der Waals surface area (Å²) >= 11 is 3.11. The standard InChI is InChI=1S/C20H25BrF3N5O2/c1-27-11-25-26-17(27)19(9-31-10-19)12-3-2-4-14(5-12)28-8-16-15(20(22,23)24)6-13(21)7-29(16)18(28)30/h6-8,12,14,17,25-26H,2-5,9-11H2,1H3. The van der Waals surface area contributed by atoms with Crippen molar-refractivity contribution in [2.24, 2.45) is 11.3 Å². The SMILES string of the molecule is CN1CNNC1C1(C2CCCC(n3cc4c(C(F)(F)F)cc(Br)cn4c3=O)C2)COC1. The molecule has 1 saturated carbocycles. The van der Waals surface area contributed by atoms with Crippen LogP contribution in [0.3, 0.4) is 0 Å². The molecule has 5 rings (SSSR count).